The predicted octanol–water partition coefficient (Wildman–Crippen LogP) is 2.43. The molecule has 0 amide bonds. The van der Waals surface area contributed by atoms with Gasteiger partial charge in [0.05, 0.1) is 12.2 Å². The summed E-state index contributed by atoms with van der Waals surface area (Å²) in [5, 5.41) is 11.8. The molecule has 1 unspecified atom stereocenters. The lowest BCUT2D eigenvalue weighted by atomic mass is 9.91. The number of aliphatic hydroxyl groups excluding tert-OH is 1. The fourth-order valence-electron chi connectivity index (χ4n) is 5.86. The van der Waals surface area contributed by atoms with Gasteiger partial charge in [-0.05, 0) is 36.8 Å². The molecule has 1 aromatic carbocycles. The molecule has 0 aromatic heterocycles. The monoisotopic (exact) mass is 716 g/mol. The van der Waals surface area contributed by atoms with Gasteiger partial charge in [-0.25, -0.2) is 0 Å². The molecule has 0 radical (unpaired) electrons. The normalized spacial score (nSPS) is 31.7. The molecule has 0 spiro atoms. The second-order valence-electron chi connectivity index (χ2n) is 12.4. The molecule has 2 heterocycles. The maximum atomic E-state index is 12.3. The van der Waals surface area contributed by atoms with E-state index in [0.717, 1.165) is 27.7 Å². The van der Waals surface area contributed by atoms with E-state index in [-0.39, 0.29) is 13.0 Å². The minimum absolute atomic E-state index is 0.0283. The van der Waals surface area contributed by atoms with Crippen LogP contribution < -0.4 is 4.74 Å². The standard InChI is InChI=1S/C36H44O15/c1-20(37)43-18-27-17-28(30(42)31(48-27)25-11-10-15-36(6,16-14-25)51-26-12-8-7-9-13-26)49-35-34(47-24(5)41)33(46-23(4)40)32(45-22(3)39)29(50-35)19-44-21(2)38/h7-16,27-35,42H,17-19H2,1-6H3/t27-,28-,29+,30-,31+,32+,33-,34-,35-,36?/m0/s1. The van der Waals surface area contributed by atoms with Crippen molar-refractivity contribution in [3.8, 4) is 5.75 Å². The zero-order valence-electron chi connectivity index (χ0n) is 29.3. The molecular weight excluding hydrogens is 672 g/mol. The summed E-state index contributed by atoms with van der Waals surface area (Å²) in [4.78, 5) is 60.2. The van der Waals surface area contributed by atoms with Gasteiger partial charge in [0.1, 0.15) is 42.9 Å². The van der Waals surface area contributed by atoms with E-state index < -0.39 is 97.2 Å². The van der Waals surface area contributed by atoms with Crippen LogP contribution in [0.4, 0.5) is 0 Å². The zero-order chi connectivity index (χ0) is 37.3. The first-order valence-corrected chi connectivity index (χ1v) is 16.4. The highest BCUT2D eigenvalue weighted by atomic mass is 16.7. The van der Waals surface area contributed by atoms with Gasteiger partial charge in [0.2, 0.25) is 0 Å². The van der Waals surface area contributed by atoms with E-state index >= 15 is 0 Å². The van der Waals surface area contributed by atoms with Crippen molar-refractivity contribution < 1.29 is 71.7 Å². The third-order valence-electron chi connectivity index (χ3n) is 7.99. The molecule has 278 valence electrons. The molecule has 4 rings (SSSR count). The summed E-state index contributed by atoms with van der Waals surface area (Å²) in [7, 11) is 0. The molecule has 10 atom stereocenters. The Labute approximate surface area is 295 Å². The Morgan fingerprint density at radius 3 is 2.02 bits per heavy atom. The summed E-state index contributed by atoms with van der Waals surface area (Å²) in [6.07, 6.45) is -2.66. The Hall–Kier alpha value is -4.57. The van der Waals surface area contributed by atoms with Crippen LogP contribution in [0.2, 0.25) is 0 Å². The van der Waals surface area contributed by atoms with E-state index in [0.29, 0.717) is 11.3 Å². The summed E-state index contributed by atoms with van der Waals surface area (Å²) in [5.41, 5.74) is -0.331. The second kappa shape index (κ2) is 17.6. The van der Waals surface area contributed by atoms with Crippen LogP contribution in [0.15, 0.2) is 66.3 Å². The summed E-state index contributed by atoms with van der Waals surface area (Å²) >= 11 is 0. The zero-order valence-corrected chi connectivity index (χ0v) is 29.3. The van der Waals surface area contributed by atoms with Gasteiger partial charge in [0.15, 0.2) is 24.6 Å². The number of carbonyl (C=O) groups is 5. The van der Waals surface area contributed by atoms with Crippen LogP contribution in [0.25, 0.3) is 0 Å². The van der Waals surface area contributed by atoms with Crippen LogP contribution in [0.5, 0.6) is 5.75 Å². The molecule has 0 bridgehead atoms. The maximum Gasteiger partial charge on any atom is 0.303 e. The average molecular weight is 717 g/mol. The number of hydrogen-bond acceptors (Lipinski definition) is 15. The lowest BCUT2D eigenvalue weighted by Gasteiger charge is -2.46. The van der Waals surface area contributed by atoms with Gasteiger partial charge in [-0.3, -0.25) is 24.0 Å². The molecule has 2 aliphatic heterocycles. The highest BCUT2D eigenvalue weighted by Gasteiger charge is 2.54. The van der Waals surface area contributed by atoms with Crippen molar-refractivity contribution in [2.75, 3.05) is 13.2 Å². The fraction of sp³-hybridized carbons (Fsp3) is 0.528. The predicted molar refractivity (Wildman–Crippen MR) is 175 cm³/mol. The van der Waals surface area contributed by atoms with E-state index in [1.807, 2.05) is 43.3 Å². The maximum absolute atomic E-state index is 12.3. The topological polar surface area (TPSA) is 189 Å². The van der Waals surface area contributed by atoms with Gasteiger partial charge in [-0.15, -0.1) is 0 Å². The molecule has 1 N–H and O–H groups in total. The molecule has 1 aliphatic carbocycles. The molecular formula is C36H44O15. The fourth-order valence-corrected chi connectivity index (χ4v) is 5.86. The number of para-hydroxylation sites is 1. The van der Waals surface area contributed by atoms with E-state index in [2.05, 4.69) is 0 Å². The second-order valence-corrected chi connectivity index (χ2v) is 12.4. The summed E-state index contributed by atoms with van der Waals surface area (Å²) in [5.74, 6) is -2.99. The van der Waals surface area contributed by atoms with E-state index in [1.54, 1.807) is 24.3 Å². The first kappa shape index (κ1) is 39.2. The largest absolute Gasteiger partial charge is 0.479 e. The molecule has 15 heteroatoms. The molecule has 2 fully saturated rings. The molecule has 51 heavy (non-hydrogen) atoms. The minimum atomic E-state index is -1.56. The van der Waals surface area contributed by atoms with Gasteiger partial charge in [-0.1, -0.05) is 36.4 Å². The Morgan fingerprint density at radius 1 is 0.784 bits per heavy atom. The third kappa shape index (κ3) is 11.2. The van der Waals surface area contributed by atoms with Gasteiger partial charge in [0, 0.05) is 41.0 Å². The highest BCUT2D eigenvalue weighted by Crippen LogP contribution is 2.35. The lowest BCUT2D eigenvalue weighted by molar-refractivity contribution is -0.330. The van der Waals surface area contributed by atoms with Crippen LogP contribution in [-0.2, 0) is 61.9 Å². The third-order valence-corrected chi connectivity index (χ3v) is 7.99. The van der Waals surface area contributed by atoms with Crippen molar-refractivity contribution in [1.29, 1.82) is 0 Å². The van der Waals surface area contributed by atoms with Crippen molar-refractivity contribution in [2.45, 2.75) is 109 Å². The number of hydrogen-bond donors (Lipinski definition) is 1. The van der Waals surface area contributed by atoms with Crippen molar-refractivity contribution in [1.82, 2.24) is 0 Å². The average Bonchev–Trinajstić information content (AvgIpc) is 3.24. The number of esters is 5. The lowest BCUT2D eigenvalue weighted by Crippen LogP contribution is -2.64. The number of allylic oxidation sites excluding steroid dienone is 2. The van der Waals surface area contributed by atoms with Crippen LogP contribution in [0.3, 0.4) is 0 Å². The first-order valence-electron chi connectivity index (χ1n) is 16.4. The highest BCUT2D eigenvalue weighted by molar-refractivity contribution is 5.69. The van der Waals surface area contributed by atoms with Crippen LogP contribution in [0.1, 0.15) is 48.0 Å². The summed E-state index contributed by atoms with van der Waals surface area (Å²) < 4.78 is 51.7. The summed E-state index contributed by atoms with van der Waals surface area (Å²) in [6, 6.07) is 9.24. The Kier molecular flexibility index (Phi) is 13.5. The Bertz CT molecular complexity index is 1500. The van der Waals surface area contributed by atoms with Gasteiger partial charge < -0.3 is 47.7 Å². The SMILES string of the molecule is CC(=O)OC[C@@H]1C[C@H](O[C@H]2O[C@H](COC(C)=O)[C@@H](OC(C)=O)[C@H](OC(C)=O)[C@@H]2OC(C)=O)[C@H](O)[C@@H](C2=CC=CC(C)(Oc3ccccc3)C=C2)O1. The number of aliphatic hydroxyl groups is 1. The van der Waals surface area contributed by atoms with Gasteiger partial charge in [-0.2, -0.15) is 0 Å². The van der Waals surface area contributed by atoms with Gasteiger partial charge in [0.25, 0.3) is 0 Å². The van der Waals surface area contributed by atoms with E-state index in [9.17, 15) is 29.1 Å². The van der Waals surface area contributed by atoms with Crippen molar-refractivity contribution in [3.63, 3.8) is 0 Å². The number of rotatable bonds is 12. The molecule has 1 aromatic rings. The van der Waals surface area contributed by atoms with Crippen LogP contribution in [-0.4, -0.2) is 109 Å². The Morgan fingerprint density at radius 2 is 1.39 bits per heavy atom. The Balaban J connectivity index is 1.66. The first-order chi connectivity index (χ1) is 24.1. The van der Waals surface area contributed by atoms with E-state index in [1.165, 1.54) is 6.92 Å². The van der Waals surface area contributed by atoms with Crippen LogP contribution in [0, 0.1) is 0 Å². The molecule has 3 aliphatic rings. The smallest absolute Gasteiger partial charge is 0.303 e. The van der Waals surface area contributed by atoms with Crippen LogP contribution >= 0.6 is 0 Å². The number of ether oxygens (including phenoxy) is 9. The minimum Gasteiger partial charge on any atom is -0.479 e. The number of benzene rings is 1. The number of carbonyl (C=O) groups excluding carboxylic acids is 5. The van der Waals surface area contributed by atoms with Crippen molar-refractivity contribution >= 4 is 29.8 Å². The molecule has 0 saturated carbocycles. The summed E-state index contributed by atoms with van der Waals surface area (Å²) in [6.45, 7) is 6.95. The van der Waals surface area contributed by atoms with Crippen molar-refractivity contribution in [2.24, 2.45) is 0 Å². The molecule has 2 saturated heterocycles. The molecule has 15 nitrogen and oxygen atoms in total. The quantitative estimate of drug-likeness (QED) is 0.245. The van der Waals surface area contributed by atoms with E-state index in [4.69, 9.17) is 42.6 Å². The van der Waals surface area contributed by atoms with Gasteiger partial charge >= 0.3 is 29.8 Å². The van der Waals surface area contributed by atoms with Crippen molar-refractivity contribution in [3.05, 3.63) is 66.3 Å².